The fourth-order valence-corrected chi connectivity index (χ4v) is 2.72. The highest BCUT2D eigenvalue weighted by atomic mass is 35.5. The van der Waals surface area contributed by atoms with Crippen LogP contribution in [0.2, 0.25) is 10.0 Å². The van der Waals surface area contributed by atoms with Crippen LogP contribution in [0.1, 0.15) is 16.2 Å². The number of hydrogen-bond acceptors (Lipinski definition) is 5. The lowest BCUT2D eigenvalue weighted by molar-refractivity contribution is 0.102. The highest BCUT2D eigenvalue weighted by Crippen LogP contribution is 2.34. The number of nitrogens with one attached hydrogen (secondary N) is 1. The van der Waals surface area contributed by atoms with Gasteiger partial charge in [0.05, 0.1) is 17.2 Å². The Balaban J connectivity index is 1.83. The van der Waals surface area contributed by atoms with Crippen molar-refractivity contribution >= 4 is 34.8 Å². The first-order valence-corrected chi connectivity index (χ1v) is 7.99. The van der Waals surface area contributed by atoms with Crippen molar-refractivity contribution in [3.8, 4) is 17.2 Å². The molecule has 6 nitrogen and oxygen atoms in total. The molecular formula is C17H13Cl2N3O3. The van der Waals surface area contributed by atoms with Crippen LogP contribution >= 0.6 is 23.2 Å². The van der Waals surface area contributed by atoms with E-state index in [4.69, 9.17) is 32.5 Å². The molecule has 1 amide bonds. The summed E-state index contributed by atoms with van der Waals surface area (Å²) in [5.74, 6) is 0.764. The molecule has 1 aromatic heterocycles. The van der Waals surface area contributed by atoms with Gasteiger partial charge in [0.15, 0.2) is 11.6 Å². The molecule has 0 aliphatic rings. The topological polar surface area (TPSA) is 77.2 Å². The van der Waals surface area contributed by atoms with Crippen LogP contribution in [-0.2, 0) is 0 Å². The van der Waals surface area contributed by atoms with E-state index in [9.17, 15) is 4.79 Å². The van der Waals surface area contributed by atoms with Gasteiger partial charge in [0, 0.05) is 11.3 Å². The van der Waals surface area contributed by atoms with Crippen molar-refractivity contribution in [3.05, 3.63) is 57.8 Å². The Morgan fingerprint density at radius 2 is 1.80 bits per heavy atom. The van der Waals surface area contributed by atoms with E-state index in [0.717, 1.165) is 5.56 Å². The Morgan fingerprint density at radius 3 is 2.40 bits per heavy atom. The monoisotopic (exact) mass is 377 g/mol. The number of rotatable bonds is 4. The van der Waals surface area contributed by atoms with Gasteiger partial charge in [0.1, 0.15) is 5.56 Å². The van der Waals surface area contributed by atoms with Gasteiger partial charge in [-0.1, -0.05) is 28.4 Å². The van der Waals surface area contributed by atoms with Gasteiger partial charge in [-0.25, -0.2) is 0 Å². The van der Waals surface area contributed by atoms with Gasteiger partial charge in [-0.15, -0.1) is 0 Å². The molecule has 0 unspecified atom stereocenters. The molecule has 0 fully saturated rings. The van der Waals surface area contributed by atoms with Gasteiger partial charge in [-0.3, -0.25) is 4.79 Å². The molecule has 0 saturated carbocycles. The van der Waals surface area contributed by atoms with Crippen molar-refractivity contribution in [2.45, 2.75) is 6.92 Å². The van der Waals surface area contributed by atoms with Crippen LogP contribution in [0.3, 0.4) is 0 Å². The van der Waals surface area contributed by atoms with Gasteiger partial charge in [-0.05, 0) is 43.3 Å². The Hall–Kier alpha value is -2.57. The van der Waals surface area contributed by atoms with Gasteiger partial charge in [-0.2, -0.15) is 4.98 Å². The van der Waals surface area contributed by atoms with E-state index >= 15 is 0 Å². The SMILES string of the molecule is COc1c(Cl)ccc(Cl)c1C(=O)Nc1ccc(-c2nc(C)no2)cc1. The summed E-state index contributed by atoms with van der Waals surface area (Å²) in [6, 6.07) is 10.1. The molecule has 25 heavy (non-hydrogen) atoms. The van der Waals surface area contributed by atoms with Crippen LogP contribution in [0.5, 0.6) is 5.75 Å². The van der Waals surface area contributed by atoms with Gasteiger partial charge in [0.2, 0.25) is 0 Å². The van der Waals surface area contributed by atoms with Crippen LogP contribution in [-0.4, -0.2) is 23.2 Å². The van der Waals surface area contributed by atoms with Crippen LogP contribution < -0.4 is 10.1 Å². The van der Waals surface area contributed by atoms with E-state index in [2.05, 4.69) is 15.5 Å². The zero-order valence-electron chi connectivity index (χ0n) is 13.3. The number of methoxy groups -OCH3 is 1. The molecule has 8 heteroatoms. The molecule has 0 radical (unpaired) electrons. The first-order valence-electron chi connectivity index (χ1n) is 7.23. The molecule has 3 aromatic rings. The second-order valence-corrected chi connectivity index (χ2v) is 5.93. The first-order chi connectivity index (χ1) is 12.0. The minimum Gasteiger partial charge on any atom is -0.494 e. The number of amides is 1. The number of ether oxygens (including phenoxy) is 1. The van der Waals surface area contributed by atoms with Crippen molar-refractivity contribution < 1.29 is 14.1 Å². The third-order valence-corrected chi connectivity index (χ3v) is 4.02. The molecule has 0 atom stereocenters. The first kappa shape index (κ1) is 17.3. The third kappa shape index (κ3) is 3.60. The summed E-state index contributed by atoms with van der Waals surface area (Å²) in [6.07, 6.45) is 0. The Labute approximate surface area is 153 Å². The van der Waals surface area contributed by atoms with E-state index in [1.54, 1.807) is 43.3 Å². The summed E-state index contributed by atoms with van der Waals surface area (Å²) < 4.78 is 10.3. The number of carbonyl (C=O) groups excluding carboxylic acids is 1. The molecule has 2 aromatic carbocycles. The average molecular weight is 378 g/mol. The van der Waals surface area contributed by atoms with E-state index in [1.165, 1.54) is 7.11 Å². The van der Waals surface area contributed by atoms with Crippen molar-refractivity contribution in [3.63, 3.8) is 0 Å². The maximum absolute atomic E-state index is 12.6. The molecule has 0 aliphatic heterocycles. The zero-order valence-corrected chi connectivity index (χ0v) is 14.9. The van der Waals surface area contributed by atoms with E-state index < -0.39 is 5.91 Å². The predicted molar refractivity (Wildman–Crippen MR) is 95.4 cm³/mol. The lowest BCUT2D eigenvalue weighted by Gasteiger charge is -2.12. The Morgan fingerprint density at radius 1 is 1.12 bits per heavy atom. The van der Waals surface area contributed by atoms with Crippen molar-refractivity contribution in [2.75, 3.05) is 12.4 Å². The van der Waals surface area contributed by atoms with Crippen molar-refractivity contribution in [1.29, 1.82) is 0 Å². The van der Waals surface area contributed by atoms with Crippen LogP contribution in [0.25, 0.3) is 11.5 Å². The molecule has 3 rings (SSSR count). The second-order valence-electron chi connectivity index (χ2n) is 5.12. The summed E-state index contributed by atoms with van der Waals surface area (Å²) in [7, 11) is 1.43. The summed E-state index contributed by atoms with van der Waals surface area (Å²) >= 11 is 12.2. The molecule has 0 aliphatic carbocycles. The number of anilines is 1. The van der Waals surface area contributed by atoms with Crippen molar-refractivity contribution in [2.24, 2.45) is 0 Å². The fourth-order valence-electron chi connectivity index (χ4n) is 2.25. The zero-order chi connectivity index (χ0) is 18.0. The van der Waals surface area contributed by atoms with E-state index in [1.807, 2.05) is 0 Å². The molecule has 0 saturated heterocycles. The molecule has 1 heterocycles. The smallest absolute Gasteiger partial charge is 0.261 e. The van der Waals surface area contributed by atoms with Crippen LogP contribution in [0.15, 0.2) is 40.9 Å². The molecule has 1 N–H and O–H groups in total. The normalized spacial score (nSPS) is 10.6. The Bertz CT molecular complexity index is 923. The summed E-state index contributed by atoms with van der Waals surface area (Å²) in [5.41, 5.74) is 1.49. The molecule has 0 spiro atoms. The maximum Gasteiger partial charge on any atom is 0.261 e. The summed E-state index contributed by atoms with van der Waals surface area (Å²) in [4.78, 5) is 16.7. The second kappa shape index (κ2) is 7.13. The number of nitrogens with zero attached hydrogens (tertiary/aromatic N) is 2. The molecular weight excluding hydrogens is 365 g/mol. The maximum atomic E-state index is 12.6. The number of halogens is 2. The highest BCUT2D eigenvalue weighted by Gasteiger charge is 2.19. The highest BCUT2D eigenvalue weighted by molar-refractivity contribution is 6.37. The van der Waals surface area contributed by atoms with Crippen LogP contribution in [0, 0.1) is 6.92 Å². The van der Waals surface area contributed by atoms with Gasteiger partial charge < -0.3 is 14.6 Å². The lowest BCUT2D eigenvalue weighted by atomic mass is 10.1. The van der Waals surface area contributed by atoms with Crippen molar-refractivity contribution in [1.82, 2.24) is 10.1 Å². The summed E-state index contributed by atoms with van der Waals surface area (Å²) in [5, 5.41) is 7.05. The number of aromatic nitrogens is 2. The molecule has 0 bridgehead atoms. The number of hydrogen-bond donors (Lipinski definition) is 1. The summed E-state index contributed by atoms with van der Waals surface area (Å²) in [6.45, 7) is 1.74. The van der Waals surface area contributed by atoms with E-state index in [0.29, 0.717) is 22.4 Å². The largest absolute Gasteiger partial charge is 0.494 e. The lowest BCUT2D eigenvalue weighted by Crippen LogP contribution is -2.14. The molecule has 128 valence electrons. The minimum absolute atomic E-state index is 0.174. The third-order valence-electron chi connectivity index (χ3n) is 3.41. The fraction of sp³-hybridized carbons (Fsp3) is 0.118. The van der Waals surface area contributed by atoms with Crippen LogP contribution in [0.4, 0.5) is 5.69 Å². The quantitative estimate of drug-likeness (QED) is 0.717. The van der Waals surface area contributed by atoms with Gasteiger partial charge >= 0.3 is 0 Å². The average Bonchev–Trinajstić information content (AvgIpc) is 3.03. The predicted octanol–water partition coefficient (Wildman–Crippen LogP) is 4.61. The Kier molecular flexibility index (Phi) is 4.92. The number of aryl methyl sites for hydroxylation is 1. The van der Waals surface area contributed by atoms with E-state index in [-0.39, 0.29) is 16.3 Å². The standard InChI is InChI=1S/C17H13Cl2N3O3/c1-9-20-17(25-22-9)10-3-5-11(6-4-10)21-16(23)14-12(18)7-8-13(19)15(14)24-2/h3-8H,1-2H3,(H,21,23). The van der Waals surface area contributed by atoms with Gasteiger partial charge in [0.25, 0.3) is 11.8 Å². The minimum atomic E-state index is -0.425. The number of carbonyl (C=O) groups is 1. The number of benzene rings is 2.